The lowest BCUT2D eigenvalue weighted by Gasteiger charge is -2.20. The van der Waals surface area contributed by atoms with Crippen LogP contribution in [0.2, 0.25) is 0 Å². The summed E-state index contributed by atoms with van der Waals surface area (Å²) >= 11 is 0. The number of hydrogen-bond donors (Lipinski definition) is 1. The quantitative estimate of drug-likeness (QED) is 0.887. The smallest absolute Gasteiger partial charge is 0.120 e. The first-order valence-electron chi connectivity index (χ1n) is 7.00. The molecule has 1 saturated heterocycles. The van der Waals surface area contributed by atoms with Gasteiger partial charge in [0, 0.05) is 31.4 Å². The molecule has 0 aromatic heterocycles. The third kappa shape index (κ3) is 2.32. The molecule has 0 aliphatic carbocycles. The van der Waals surface area contributed by atoms with E-state index in [2.05, 4.69) is 42.3 Å². The van der Waals surface area contributed by atoms with Crippen molar-refractivity contribution < 1.29 is 4.74 Å². The van der Waals surface area contributed by atoms with Gasteiger partial charge in [0.25, 0.3) is 0 Å². The van der Waals surface area contributed by atoms with Crippen LogP contribution in [0, 0.1) is 0 Å². The minimum atomic E-state index is 0.361. The van der Waals surface area contributed by atoms with Crippen LogP contribution < -0.4 is 10.1 Å². The first kappa shape index (κ1) is 11.8. The summed E-state index contributed by atoms with van der Waals surface area (Å²) in [6, 6.07) is 7.07. The van der Waals surface area contributed by atoms with E-state index in [1.165, 1.54) is 11.3 Å². The molecule has 0 bridgehead atoms. The maximum atomic E-state index is 6.11. The third-order valence-corrected chi connectivity index (χ3v) is 4.00. The molecule has 1 fully saturated rings. The van der Waals surface area contributed by atoms with Crippen LogP contribution in [0.5, 0.6) is 5.75 Å². The van der Waals surface area contributed by atoms with Crippen LogP contribution in [0.4, 0.5) is 5.69 Å². The van der Waals surface area contributed by atoms with Gasteiger partial charge >= 0.3 is 0 Å². The second-order valence-corrected chi connectivity index (χ2v) is 5.61. The van der Waals surface area contributed by atoms with Crippen molar-refractivity contribution in [1.29, 1.82) is 0 Å². The molecule has 3 nitrogen and oxygen atoms in total. The highest BCUT2D eigenvalue weighted by Gasteiger charge is 2.25. The lowest BCUT2D eigenvalue weighted by atomic mass is 10.1. The Morgan fingerprint density at radius 1 is 1.39 bits per heavy atom. The number of hydrogen-bond acceptors (Lipinski definition) is 3. The summed E-state index contributed by atoms with van der Waals surface area (Å²) in [7, 11) is 0. The molecule has 18 heavy (non-hydrogen) atoms. The Bertz CT molecular complexity index is 431. The maximum Gasteiger partial charge on any atom is 0.120 e. The molecule has 3 heteroatoms. The number of anilines is 1. The first-order chi connectivity index (χ1) is 8.72. The van der Waals surface area contributed by atoms with Gasteiger partial charge in [-0.1, -0.05) is 0 Å². The molecule has 98 valence electrons. The molecule has 0 saturated carbocycles. The van der Waals surface area contributed by atoms with Gasteiger partial charge < -0.3 is 10.1 Å². The Kier molecular flexibility index (Phi) is 3.16. The van der Waals surface area contributed by atoms with Crippen LogP contribution in [0.25, 0.3) is 0 Å². The van der Waals surface area contributed by atoms with Crippen molar-refractivity contribution >= 4 is 5.69 Å². The van der Waals surface area contributed by atoms with Gasteiger partial charge in [0.2, 0.25) is 0 Å². The maximum absolute atomic E-state index is 6.11. The minimum Gasteiger partial charge on any atom is -0.489 e. The lowest BCUT2D eigenvalue weighted by molar-refractivity contribution is 0.187. The van der Waals surface area contributed by atoms with E-state index in [0.29, 0.717) is 12.1 Å². The van der Waals surface area contributed by atoms with Gasteiger partial charge in [0.15, 0.2) is 0 Å². The second-order valence-electron chi connectivity index (χ2n) is 5.61. The zero-order valence-corrected chi connectivity index (χ0v) is 11.3. The van der Waals surface area contributed by atoms with Crippen molar-refractivity contribution in [2.45, 2.75) is 38.8 Å². The highest BCUT2D eigenvalue weighted by Crippen LogP contribution is 2.28. The first-order valence-corrected chi connectivity index (χ1v) is 7.00. The van der Waals surface area contributed by atoms with Gasteiger partial charge in [0.05, 0.1) is 0 Å². The molecular formula is C15H22N2O. The summed E-state index contributed by atoms with van der Waals surface area (Å²) in [6.07, 6.45) is 2.63. The van der Waals surface area contributed by atoms with Gasteiger partial charge in [0.1, 0.15) is 11.9 Å². The molecule has 2 aliphatic rings. The van der Waals surface area contributed by atoms with Gasteiger partial charge in [-0.25, -0.2) is 0 Å². The predicted octanol–water partition coefficient (Wildman–Crippen LogP) is 2.52. The van der Waals surface area contributed by atoms with Crippen LogP contribution in [0.1, 0.15) is 25.8 Å². The molecule has 1 aromatic rings. The number of nitrogens with zero attached hydrogens (tertiary/aromatic N) is 1. The SMILES string of the molecule is CC(C)N1CCC(Oc2ccc3c(c2)CCN3)C1. The summed E-state index contributed by atoms with van der Waals surface area (Å²) in [5.74, 6) is 1.04. The molecule has 1 atom stereocenters. The van der Waals surface area contributed by atoms with Gasteiger partial charge in [-0.3, -0.25) is 4.90 Å². The summed E-state index contributed by atoms with van der Waals surface area (Å²) in [6.45, 7) is 7.79. The molecule has 2 heterocycles. The van der Waals surface area contributed by atoms with E-state index in [1.807, 2.05) is 0 Å². The molecule has 0 radical (unpaired) electrons. The van der Waals surface area contributed by atoms with Crippen molar-refractivity contribution in [2.24, 2.45) is 0 Å². The van der Waals surface area contributed by atoms with Crippen LogP contribution in [0.3, 0.4) is 0 Å². The molecule has 0 amide bonds. The molecule has 2 aliphatic heterocycles. The fourth-order valence-electron chi connectivity index (χ4n) is 2.87. The lowest BCUT2D eigenvalue weighted by Crippen LogP contribution is -2.30. The summed E-state index contributed by atoms with van der Waals surface area (Å²) in [4.78, 5) is 2.49. The van der Waals surface area contributed by atoms with Crippen LogP contribution >= 0.6 is 0 Å². The van der Waals surface area contributed by atoms with Crippen molar-refractivity contribution in [3.63, 3.8) is 0 Å². The highest BCUT2D eigenvalue weighted by atomic mass is 16.5. The van der Waals surface area contributed by atoms with Crippen LogP contribution in [-0.2, 0) is 6.42 Å². The van der Waals surface area contributed by atoms with E-state index in [1.54, 1.807) is 0 Å². The Labute approximate surface area is 109 Å². The average molecular weight is 246 g/mol. The Morgan fingerprint density at radius 3 is 3.06 bits per heavy atom. The predicted molar refractivity (Wildman–Crippen MR) is 74.4 cm³/mol. The Hall–Kier alpha value is -1.22. The van der Waals surface area contributed by atoms with E-state index in [4.69, 9.17) is 4.74 Å². The van der Waals surface area contributed by atoms with Crippen LogP contribution in [-0.4, -0.2) is 36.7 Å². The standard InChI is InChI=1S/C15H22N2O/c1-11(2)17-8-6-14(10-17)18-13-3-4-15-12(9-13)5-7-16-15/h3-4,9,11,14,16H,5-8,10H2,1-2H3. The number of nitrogens with one attached hydrogen (secondary N) is 1. The second kappa shape index (κ2) is 4.81. The van der Waals surface area contributed by atoms with E-state index in [0.717, 1.165) is 38.2 Å². The largest absolute Gasteiger partial charge is 0.489 e. The topological polar surface area (TPSA) is 24.5 Å². The van der Waals surface area contributed by atoms with Crippen molar-refractivity contribution in [3.05, 3.63) is 23.8 Å². The van der Waals surface area contributed by atoms with Gasteiger partial charge in [-0.2, -0.15) is 0 Å². The molecule has 1 unspecified atom stereocenters. The van der Waals surface area contributed by atoms with Crippen molar-refractivity contribution in [3.8, 4) is 5.75 Å². The van der Waals surface area contributed by atoms with Gasteiger partial charge in [-0.15, -0.1) is 0 Å². The van der Waals surface area contributed by atoms with Crippen LogP contribution in [0.15, 0.2) is 18.2 Å². The summed E-state index contributed by atoms with van der Waals surface area (Å²) < 4.78 is 6.11. The van der Waals surface area contributed by atoms with Gasteiger partial charge in [-0.05, 0) is 50.5 Å². The molecule has 3 rings (SSSR count). The number of likely N-dealkylation sites (tertiary alicyclic amines) is 1. The average Bonchev–Trinajstić information content (AvgIpc) is 2.96. The van der Waals surface area contributed by atoms with Crippen molar-refractivity contribution in [2.75, 3.05) is 25.0 Å². The molecule has 1 aromatic carbocycles. The zero-order valence-electron chi connectivity index (χ0n) is 11.3. The number of fused-ring (bicyclic) bond motifs is 1. The zero-order chi connectivity index (χ0) is 12.5. The summed E-state index contributed by atoms with van der Waals surface area (Å²) in [5.41, 5.74) is 2.67. The Morgan fingerprint density at radius 2 is 2.28 bits per heavy atom. The summed E-state index contributed by atoms with van der Waals surface area (Å²) in [5, 5.41) is 3.38. The molecule has 1 N–H and O–H groups in total. The van der Waals surface area contributed by atoms with E-state index in [-0.39, 0.29) is 0 Å². The van der Waals surface area contributed by atoms with E-state index in [9.17, 15) is 0 Å². The number of benzene rings is 1. The highest BCUT2D eigenvalue weighted by molar-refractivity contribution is 5.57. The fraction of sp³-hybridized carbons (Fsp3) is 0.600. The number of ether oxygens (including phenoxy) is 1. The fourth-order valence-corrected chi connectivity index (χ4v) is 2.87. The molecular weight excluding hydrogens is 224 g/mol. The monoisotopic (exact) mass is 246 g/mol. The van der Waals surface area contributed by atoms with Crippen molar-refractivity contribution in [1.82, 2.24) is 4.90 Å². The minimum absolute atomic E-state index is 0.361. The molecule has 0 spiro atoms. The third-order valence-electron chi connectivity index (χ3n) is 4.00. The van der Waals surface area contributed by atoms with E-state index >= 15 is 0 Å². The van der Waals surface area contributed by atoms with E-state index < -0.39 is 0 Å². The normalized spacial score (nSPS) is 23.2. The Balaban J connectivity index is 1.63. The number of rotatable bonds is 3.